The van der Waals surface area contributed by atoms with Crippen LogP contribution in [0.3, 0.4) is 0 Å². The second kappa shape index (κ2) is 5.39. The third kappa shape index (κ3) is 3.53. The van der Waals surface area contributed by atoms with Gasteiger partial charge in [-0.3, -0.25) is 0 Å². The van der Waals surface area contributed by atoms with Crippen molar-refractivity contribution in [3.8, 4) is 0 Å². The van der Waals surface area contributed by atoms with E-state index in [4.69, 9.17) is 5.73 Å². The Morgan fingerprint density at radius 3 is 2.71 bits per heavy atom. The van der Waals surface area contributed by atoms with Crippen molar-refractivity contribution in [3.63, 3.8) is 0 Å². The lowest BCUT2D eigenvalue weighted by Crippen LogP contribution is -2.43. The van der Waals surface area contributed by atoms with Gasteiger partial charge in [-0.1, -0.05) is 13.8 Å². The van der Waals surface area contributed by atoms with Gasteiger partial charge in [-0.25, -0.2) is 0 Å². The molecule has 1 fully saturated rings. The molecular weight excluding hydrogens is 296 g/mol. The van der Waals surface area contributed by atoms with Gasteiger partial charge in [-0.15, -0.1) is 11.3 Å². The Hall–Kier alpha value is 0.1000. The summed E-state index contributed by atoms with van der Waals surface area (Å²) < 4.78 is 1.21. The quantitative estimate of drug-likeness (QED) is 0.876. The first kappa shape index (κ1) is 13.5. The van der Waals surface area contributed by atoms with E-state index in [-0.39, 0.29) is 5.41 Å². The van der Waals surface area contributed by atoms with E-state index in [1.54, 1.807) is 0 Å². The molecule has 0 saturated heterocycles. The molecule has 1 heterocycles. The maximum atomic E-state index is 5.79. The fourth-order valence-electron chi connectivity index (χ4n) is 2.31. The van der Waals surface area contributed by atoms with E-state index in [2.05, 4.69) is 47.2 Å². The molecule has 1 aromatic heterocycles. The summed E-state index contributed by atoms with van der Waals surface area (Å²) in [6, 6.07) is 4.81. The van der Waals surface area contributed by atoms with Crippen LogP contribution in [0.1, 0.15) is 31.6 Å². The van der Waals surface area contributed by atoms with Crippen molar-refractivity contribution in [2.24, 2.45) is 11.7 Å². The van der Waals surface area contributed by atoms with Gasteiger partial charge in [0.15, 0.2) is 0 Å². The molecule has 4 heteroatoms. The average molecular weight is 317 g/mol. The van der Waals surface area contributed by atoms with Crippen molar-refractivity contribution in [2.45, 2.75) is 38.1 Å². The molecule has 0 bridgehead atoms. The molecule has 3 N–H and O–H groups in total. The van der Waals surface area contributed by atoms with E-state index in [0.29, 0.717) is 6.04 Å². The van der Waals surface area contributed by atoms with Crippen LogP contribution >= 0.6 is 27.3 Å². The molecule has 96 valence electrons. The second-order valence-corrected chi connectivity index (χ2v) is 8.18. The third-order valence-electron chi connectivity index (χ3n) is 3.51. The van der Waals surface area contributed by atoms with Crippen molar-refractivity contribution >= 4 is 27.3 Å². The average Bonchev–Trinajstić information content (AvgIpc) is 2.62. The second-order valence-electron chi connectivity index (χ2n) is 5.72. The van der Waals surface area contributed by atoms with E-state index < -0.39 is 0 Å². The molecule has 17 heavy (non-hydrogen) atoms. The normalized spacial score (nSPS) is 24.7. The zero-order valence-electron chi connectivity index (χ0n) is 10.5. The molecule has 0 radical (unpaired) electrons. The minimum Gasteiger partial charge on any atom is -0.328 e. The van der Waals surface area contributed by atoms with Crippen LogP contribution in [-0.2, 0) is 5.41 Å². The van der Waals surface area contributed by atoms with Crippen LogP contribution in [0.4, 0.5) is 0 Å². The molecular formula is C13H21BrN2S. The highest BCUT2D eigenvalue weighted by Crippen LogP contribution is 2.32. The lowest BCUT2D eigenvalue weighted by atomic mass is 9.80. The van der Waals surface area contributed by atoms with Gasteiger partial charge in [-0.05, 0) is 53.4 Å². The van der Waals surface area contributed by atoms with E-state index >= 15 is 0 Å². The summed E-state index contributed by atoms with van der Waals surface area (Å²) in [4.78, 5) is 1.43. The van der Waals surface area contributed by atoms with Gasteiger partial charge in [0.2, 0.25) is 0 Å². The first-order valence-corrected chi connectivity index (χ1v) is 7.80. The van der Waals surface area contributed by atoms with Crippen molar-refractivity contribution in [1.29, 1.82) is 0 Å². The maximum absolute atomic E-state index is 5.79. The number of rotatable bonds is 5. The molecule has 1 aromatic rings. The van der Waals surface area contributed by atoms with Crippen molar-refractivity contribution < 1.29 is 0 Å². The summed E-state index contributed by atoms with van der Waals surface area (Å²) in [5, 5.41) is 3.59. The Bertz CT molecular complexity index is 369. The van der Waals surface area contributed by atoms with Crippen molar-refractivity contribution in [2.75, 3.05) is 13.1 Å². The Labute approximate surface area is 116 Å². The molecule has 2 nitrogen and oxygen atoms in total. The first-order chi connectivity index (χ1) is 7.97. The van der Waals surface area contributed by atoms with Crippen LogP contribution in [0.15, 0.2) is 15.9 Å². The maximum Gasteiger partial charge on any atom is 0.0701 e. The number of hydrogen-bond donors (Lipinski definition) is 2. The van der Waals surface area contributed by atoms with Crippen LogP contribution in [0.25, 0.3) is 0 Å². The lowest BCUT2D eigenvalue weighted by Gasteiger charge is -2.34. The largest absolute Gasteiger partial charge is 0.328 e. The van der Waals surface area contributed by atoms with Crippen LogP contribution in [0.2, 0.25) is 0 Å². The molecule has 1 aliphatic rings. The molecule has 0 aliphatic heterocycles. The fourth-order valence-corrected chi connectivity index (χ4v) is 3.79. The minimum atomic E-state index is 0.211. The van der Waals surface area contributed by atoms with E-state index in [9.17, 15) is 0 Å². The number of thiophene rings is 1. The summed E-state index contributed by atoms with van der Waals surface area (Å²) in [7, 11) is 0. The highest BCUT2D eigenvalue weighted by Gasteiger charge is 2.27. The monoisotopic (exact) mass is 316 g/mol. The Morgan fingerprint density at radius 1 is 1.47 bits per heavy atom. The molecule has 0 aromatic carbocycles. The van der Waals surface area contributed by atoms with E-state index in [0.717, 1.165) is 19.0 Å². The Kier molecular flexibility index (Phi) is 4.29. The van der Waals surface area contributed by atoms with Gasteiger partial charge in [0.1, 0.15) is 0 Å². The topological polar surface area (TPSA) is 38.0 Å². The number of hydrogen-bond acceptors (Lipinski definition) is 3. The predicted octanol–water partition coefficient (Wildman–Crippen LogP) is 3.12. The fraction of sp³-hybridized carbons (Fsp3) is 0.692. The predicted molar refractivity (Wildman–Crippen MR) is 78.6 cm³/mol. The molecule has 1 aliphatic carbocycles. The molecule has 0 unspecified atom stereocenters. The molecule has 0 atom stereocenters. The summed E-state index contributed by atoms with van der Waals surface area (Å²) in [5.74, 6) is 0.802. The van der Waals surface area contributed by atoms with Crippen molar-refractivity contribution in [1.82, 2.24) is 5.32 Å². The third-order valence-corrected chi connectivity index (χ3v) is 5.50. The van der Waals surface area contributed by atoms with E-state index in [1.807, 2.05) is 11.3 Å². The van der Waals surface area contributed by atoms with Gasteiger partial charge < -0.3 is 11.1 Å². The van der Waals surface area contributed by atoms with Crippen molar-refractivity contribution in [3.05, 3.63) is 20.8 Å². The highest BCUT2D eigenvalue weighted by atomic mass is 79.9. The van der Waals surface area contributed by atoms with Gasteiger partial charge in [0.25, 0.3) is 0 Å². The zero-order chi connectivity index (χ0) is 12.5. The van der Waals surface area contributed by atoms with Gasteiger partial charge >= 0.3 is 0 Å². The Morgan fingerprint density at radius 2 is 2.18 bits per heavy atom. The molecule has 2 rings (SSSR count). The summed E-state index contributed by atoms with van der Waals surface area (Å²) >= 11 is 5.36. The van der Waals surface area contributed by atoms with Crippen LogP contribution in [-0.4, -0.2) is 19.1 Å². The summed E-state index contributed by atoms with van der Waals surface area (Å²) in [6.45, 7) is 6.74. The molecule has 0 amide bonds. The number of nitrogens with two attached hydrogens (primary N) is 1. The smallest absolute Gasteiger partial charge is 0.0701 e. The SMILES string of the molecule is CC(C)(CNCC1CC(N)C1)c1ccc(Br)s1. The van der Waals surface area contributed by atoms with Gasteiger partial charge in [-0.2, -0.15) is 0 Å². The molecule has 1 saturated carbocycles. The minimum absolute atomic E-state index is 0.211. The number of nitrogens with one attached hydrogen (secondary N) is 1. The first-order valence-electron chi connectivity index (χ1n) is 6.19. The highest BCUT2D eigenvalue weighted by molar-refractivity contribution is 9.11. The summed E-state index contributed by atoms with van der Waals surface area (Å²) in [6.07, 6.45) is 2.38. The Balaban J connectivity index is 1.77. The van der Waals surface area contributed by atoms with Crippen LogP contribution in [0.5, 0.6) is 0 Å². The van der Waals surface area contributed by atoms with Gasteiger partial charge in [0.05, 0.1) is 3.79 Å². The van der Waals surface area contributed by atoms with Gasteiger partial charge in [0, 0.05) is 22.9 Å². The zero-order valence-corrected chi connectivity index (χ0v) is 12.9. The lowest BCUT2D eigenvalue weighted by molar-refractivity contribution is 0.251. The van der Waals surface area contributed by atoms with Crippen LogP contribution < -0.4 is 11.1 Å². The number of halogens is 1. The standard InChI is InChI=1S/C13H21BrN2S/c1-13(2,11-3-4-12(14)17-11)8-16-7-9-5-10(15)6-9/h3-4,9-10,16H,5-8,15H2,1-2H3. The van der Waals surface area contributed by atoms with Crippen LogP contribution in [0, 0.1) is 5.92 Å². The molecule has 0 spiro atoms. The van der Waals surface area contributed by atoms with E-state index in [1.165, 1.54) is 21.5 Å². The summed E-state index contributed by atoms with van der Waals surface area (Å²) in [5.41, 5.74) is 6.00.